The van der Waals surface area contributed by atoms with Crippen LogP contribution in [-0.4, -0.2) is 13.9 Å². The van der Waals surface area contributed by atoms with Gasteiger partial charge in [0.15, 0.2) is 11.6 Å². The second kappa shape index (κ2) is 9.56. The number of alkyl halides is 3. The molecule has 4 rings (SSSR count). The van der Waals surface area contributed by atoms with Crippen LogP contribution >= 0.6 is 0 Å². The summed E-state index contributed by atoms with van der Waals surface area (Å²) in [6.45, 7) is 2.23. The summed E-state index contributed by atoms with van der Waals surface area (Å²) in [6.07, 6.45) is 7.49. The molecular weight excluding hydrogens is 468 g/mol. The summed E-state index contributed by atoms with van der Waals surface area (Å²) < 4.78 is 78.8. The Labute approximate surface area is 196 Å². The molecule has 1 saturated carbocycles. The largest absolute Gasteiger partial charge is 0.534 e. The molecule has 34 heavy (non-hydrogen) atoms. The zero-order valence-electron chi connectivity index (χ0n) is 18.7. The van der Waals surface area contributed by atoms with Gasteiger partial charge in [-0.3, -0.25) is 0 Å². The summed E-state index contributed by atoms with van der Waals surface area (Å²) in [5.74, 6) is -0.737. The summed E-state index contributed by atoms with van der Waals surface area (Å²) in [6, 6.07) is 15.3. The predicted molar refractivity (Wildman–Crippen MR) is 125 cm³/mol. The monoisotopic (exact) mass is 494 g/mol. The topological polar surface area (TPSA) is 43.4 Å². The second-order valence-electron chi connectivity index (χ2n) is 8.93. The number of fused-ring (bicyclic) bond motifs is 1. The molecule has 0 N–H and O–H groups in total. The quantitative estimate of drug-likeness (QED) is 0.198. The van der Waals surface area contributed by atoms with Crippen LogP contribution in [0, 0.1) is 11.7 Å². The molecule has 0 amide bonds. The highest BCUT2D eigenvalue weighted by molar-refractivity contribution is 7.88. The lowest BCUT2D eigenvalue weighted by Crippen LogP contribution is -2.28. The standard InChI is InChI=1S/C26H26F4O3S/c1-2-3-17-4-6-18(7-5-17)19-8-10-20(11-9-19)21-12-14-23-22(16-21)13-15-24(25(23)27)33-34(31,32)26(28,29)30/h8-18H,2-7H2,1H3. The van der Waals surface area contributed by atoms with Gasteiger partial charge in [0.1, 0.15) is 0 Å². The van der Waals surface area contributed by atoms with Gasteiger partial charge in [-0.2, -0.15) is 21.6 Å². The summed E-state index contributed by atoms with van der Waals surface area (Å²) in [5.41, 5.74) is -2.57. The molecule has 8 heteroatoms. The summed E-state index contributed by atoms with van der Waals surface area (Å²) in [7, 11) is -5.95. The van der Waals surface area contributed by atoms with Gasteiger partial charge in [-0.25, -0.2) is 4.39 Å². The summed E-state index contributed by atoms with van der Waals surface area (Å²) >= 11 is 0. The van der Waals surface area contributed by atoms with Crippen molar-refractivity contribution in [3.63, 3.8) is 0 Å². The number of hydrogen-bond acceptors (Lipinski definition) is 3. The first-order valence-electron chi connectivity index (χ1n) is 11.4. The molecule has 182 valence electrons. The Balaban J connectivity index is 1.53. The smallest absolute Gasteiger partial charge is 0.373 e. The van der Waals surface area contributed by atoms with E-state index in [-0.39, 0.29) is 5.39 Å². The fourth-order valence-electron chi connectivity index (χ4n) is 4.82. The van der Waals surface area contributed by atoms with Crippen molar-refractivity contribution in [2.45, 2.75) is 56.9 Å². The highest BCUT2D eigenvalue weighted by Crippen LogP contribution is 2.38. The molecule has 1 aliphatic carbocycles. The number of hydrogen-bond donors (Lipinski definition) is 0. The Morgan fingerprint density at radius 2 is 1.56 bits per heavy atom. The molecule has 1 aliphatic rings. The van der Waals surface area contributed by atoms with Gasteiger partial charge in [0, 0.05) is 5.39 Å². The molecule has 3 aromatic carbocycles. The highest BCUT2D eigenvalue weighted by Gasteiger charge is 2.49. The molecular formula is C26H26F4O3S. The molecule has 3 nitrogen and oxygen atoms in total. The van der Waals surface area contributed by atoms with Gasteiger partial charge >= 0.3 is 15.6 Å². The van der Waals surface area contributed by atoms with E-state index in [1.54, 1.807) is 12.1 Å². The van der Waals surface area contributed by atoms with Crippen LogP contribution in [0.25, 0.3) is 21.9 Å². The van der Waals surface area contributed by atoms with Crippen LogP contribution in [0.1, 0.15) is 56.9 Å². The van der Waals surface area contributed by atoms with Gasteiger partial charge in [-0.15, -0.1) is 0 Å². The first-order chi connectivity index (χ1) is 16.1. The van der Waals surface area contributed by atoms with E-state index in [0.717, 1.165) is 23.1 Å². The van der Waals surface area contributed by atoms with E-state index in [4.69, 9.17) is 0 Å². The first kappa shape index (κ1) is 24.5. The van der Waals surface area contributed by atoms with E-state index >= 15 is 0 Å². The van der Waals surface area contributed by atoms with E-state index in [1.807, 2.05) is 12.1 Å². The average molecular weight is 495 g/mol. The van der Waals surface area contributed by atoms with Crippen molar-refractivity contribution in [2.24, 2.45) is 5.92 Å². The van der Waals surface area contributed by atoms with Crippen LogP contribution in [-0.2, 0) is 10.1 Å². The molecule has 1 fully saturated rings. The maximum Gasteiger partial charge on any atom is 0.534 e. The Morgan fingerprint density at radius 1 is 0.912 bits per heavy atom. The normalized spacial score (nSPS) is 19.3. The van der Waals surface area contributed by atoms with Gasteiger partial charge in [0.25, 0.3) is 0 Å². The van der Waals surface area contributed by atoms with Gasteiger partial charge < -0.3 is 4.18 Å². The number of halogens is 4. The van der Waals surface area contributed by atoms with Crippen LogP contribution in [0.3, 0.4) is 0 Å². The van der Waals surface area contributed by atoms with Crippen molar-refractivity contribution in [2.75, 3.05) is 0 Å². The lowest BCUT2D eigenvalue weighted by molar-refractivity contribution is -0.0500. The molecule has 0 radical (unpaired) electrons. The molecule has 0 unspecified atom stereocenters. The van der Waals surface area contributed by atoms with Crippen LogP contribution in [0.2, 0.25) is 0 Å². The lowest BCUT2D eigenvalue weighted by atomic mass is 9.77. The molecule has 0 spiro atoms. The lowest BCUT2D eigenvalue weighted by Gasteiger charge is -2.28. The van der Waals surface area contributed by atoms with Crippen molar-refractivity contribution in [3.8, 4) is 16.9 Å². The summed E-state index contributed by atoms with van der Waals surface area (Å²) in [5, 5.41) is 0.393. The van der Waals surface area contributed by atoms with Gasteiger partial charge in [0.2, 0.25) is 0 Å². The van der Waals surface area contributed by atoms with Crippen LogP contribution in [0.15, 0.2) is 54.6 Å². The van der Waals surface area contributed by atoms with E-state index in [9.17, 15) is 26.0 Å². The number of benzene rings is 3. The first-order valence-corrected chi connectivity index (χ1v) is 12.8. The van der Waals surface area contributed by atoms with E-state index in [2.05, 4.69) is 23.2 Å². The van der Waals surface area contributed by atoms with E-state index in [0.29, 0.717) is 11.3 Å². The van der Waals surface area contributed by atoms with Crippen LogP contribution in [0.4, 0.5) is 17.6 Å². The third kappa shape index (κ3) is 5.06. The van der Waals surface area contributed by atoms with Crippen molar-refractivity contribution < 1.29 is 30.2 Å². The molecule has 0 atom stereocenters. The highest BCUT2D eigenvalue weighted by atomic mass is 32.2. The predicted octanol–water partition coefficient (Wildman–Crippen LogP) is 7.95. The zero-order chi connectivity index (χ0) is 24.5. The Bertz CT molecular complexity index is 1260. The minimum absolute atomic E-state index is 0.0286. The fourth-order valence-corrected chi connectivity index (χ4v) is 5.28. The SMILES string of the molecule is CCCC1CCC(c2ccc(-c3ccc4c(F)c(OS(=O)(=O)C(F)(F)F)ccc4c3)cc2)CC1. The van der Waals surface area contributed by atoms with Gasteiger partial charge in [-0.05, 0) is 71.7 Å². The van der Waals surface area contributed by atoms with E-state index in [1.165, 1.54) is 56.2 Å². The third-order valence-corrected chi connectivity index (χ3v) is 7.63. The maximum atomic E-state index is 14.7. The Hall–Kier alpha value is -2.61. The van der Waals surface area contributed by atoms with Crippen molar-refractivity contribution in [3.05, 3.63) is 66.0 Å². The second-order valence-corrected chi connectivity index (χ2v) is 10.5. The minimum atomic E-state index is -5.95. The number of rotatable bonds is 6. The fraction of sp³-hybridized carbons (Fsp3) is 0.385. The minimum Gasteiger partial charge on any atom is -0.373 e. The molecule has 3 aromatic rings. The van der Waals surface area contributed by atoms with Gasteiger partial charge in [0.05, 0.1) is 0 Å². The molecule has 0 heterocycles. The van der Waals surface area contributed by atoms with E-state index < -0.39 is 27.2 Å². The molecule has 0 saturated heterocycles. The third-order valence-electron chi connectivity index (χ3n) is 6.66. The maximum absolute atomic E-state index is 14.7. The molecule has 0 aliphatic heterocycles. The Morgan fingerprint density at radius 3 is 2.18 bits per heavy atom. The summed E-state index contributed by atoms with van der Waals surface area (Å²) in [4.78, 5) is 0. The van der Waals surface area contributed by atoms with Crippen LogP contribution in [0.5, 0.6) is 5.75 Å². The van der Waals surface area contributed by atoms with Gasteiger partial charge in [-0.1, -0.05) is 62.2 Å². The van der Waals surface area contributed by atoms with Crippen molar-refractivity contribution in [1.82, 2.24) is 0 Å². The van der Waals surface area contributed by atoms with Crippen molar-refractivity contribution >= 4 is 20.9 Å². The molecule has 0 aromatic heterocycles. The van der Waals surface area contributed by atoms with Crippen LogP contribution < -0.4 is 4.18 Å². The Kier molecular flexibility index (Phi) is 6.90. The van der Waals surface area contributed by atoms with Crippen molar-refractivity contribution in [1.29, 1.82) is 0 Å². The zero-order valence-corrected chi connectivity index (χ0v) is 19.6. The molecule has 0 bridgehead atoms. The average Bonchev–Trinajstić information content (AvgIpc) is 2.81.